The van der Waals surface area contributed by atoms with Gasteiger partial charge >= 0.3 is 6.18 Å². The zero-order valence-electron chi connectivity index (χ0n) is 14.1. The largest absolute Gasteiger partial charge is 0.459 e. The minimum Gasteiger partial charge on any atom is -0.459 e. The number of hydrogen-bond acceptors (Lipinski definition) is 3. The van der Waals surface area contributed by atoms with Crippen molar-refractivity contribution in [1.82, 2.24) is 4.90 Å². The average molecular weight is 445 g/mol. The molecule has 1 saturated heterocycles. The summed E-state index contributed by atoms with van der Waals surface area (Å²) in [7, 11) is 0. The molecule has 9 heteroatoms. The van der Waals surface area contributed by atoms with Gasteiger partial charge in [0.25, 0.3) is 5.91 Å². The number of carbonyl (C=O) groups is 2. The summed E-state index contributed by atoms with van der Waals surface area (Å²) in [5, 5.41) is 2.54. The first kappa shape index (κ1) is 19.5. The van der Waals surface area contributed by atoms with Crippen molar-refractivity contribution >= 4 is 33.4 Å². The molecule has 27 heavy (non-hydrogen) atoms. The topological polar surface area (TPSA) is 62.6 Å². The number of amides is 2. The number of anilines is 1. The van der Waals surface area contributed by atoms with Crippen LogP contribution in [0, 0.1) is 5.92 Å². The number of hydrogen-bond donors (Lipinski definition) is 1. The van der Waals surface area contributed by atoms with Gasteiger partial charge in [-0.2, -0.15) is 13.2 Å². The van der Waals surface area contributed by atoms with Crippen molar-refractivity contribution in [2.45, 2.75) is 19.0 Å². The van der Waals surface area contributed by atoms with Crippen LogP contribution in [0.5, 0.6) is 0 Å². The second-order valence-corrected chi connectivity index (χ2v) is 7.08. The highest BCUT2D eigenvalue weighted by Crippen LogP contribution is 2.36. The lowest BCUT2D eigenvalue weighted by Crippen LogP contribution is -2.41. The molecule has 1 aliphatic rings. The monoisotopic (exact) mass is 444 g/mol. The molecule has 0 saturated carbocycles. The summed E-state index contributed by atoms with van der Waals surface area (Å²) in [6, 6.07) is 6.77. The normalized spacial score (nSPS) is 15.6. The smallest absolute Gasteiger partial charge is 0.417 e. The SMILES string of the molecule is O=C(Nc1ccc(Br)c(C(F)(F)F)c1)C1CCN(C(=O)c2ccco2)CC1. The number of halogens is 4. The van der Waals surface area contributed by atoms with E-state index in [1.54, 1.807) is 17.0 Å². The van der Waals surface area contributed by atoms with Gasteiger partial charge in [-0.3, -0.25) is 9.59 Å². The first-order valence-electron chi connectivity index (χ1n) is 8.26. The van der Waals surface area contributed by atoms with Gasteiger partial charge in [0.1, 0.15) is 0 Å². The molecule has 144 valence electrons. The highest BCUT2D eigenvalue weighted by atomic mass is 79.9. The van der Waals surface area contributed by atoms with Gasteiger partial charge in [0.15, 0.2) is 5.76 Å². The highest BCUT2D eigenvalue weighted by molar-refractivity contribution is 9.10. The Morgan fingerprint density at radius 3 is 2.48 bits per heavy atom. The Balaban J connectivity index is 1.59. The van der Waals surface area contributed by atoms with Crippen molar-refractivity contribution in [2.75, 3.05) is 18.4 Å². The van der Waals surface area contributed by atoms with Crippen molar-refractivity contribution in [3.8, 4) is 0 Å². The third-order valence-electron chi connectivity index (χ3n) is 4.42. The van der Waals surface area contributed by atoms with Gasteiger partial charge in [-0.15, -0.1) is 0 Å². The number of furan rings is 1. The van der Waals surface area contributed by atoms with E-state index in [4.69, 9.17) is 4.42 Å². The molecule has 1 aliphatic heterocycles. The summed E-state index contributed by atoms with van der Waals surface area (Å²) in [6.45, 7) is 0.761. The molecule has 0 spiro atoms. The maximum absolute atomic E-state index is 13.0. The second-order valence-electron chi connectivity index (χ2n) is 6.23. The Kier molecular flexibility index (Phi) is 5.59. The van der Waals surface area contributed by atoms with Gasteiger partial charge in [0, 0.05) is 29.2 Å². The summed E-state index contributed by atoms with van der Waals surface area (Å²) >= 11 is 2.87. The number of carbonyl (C=O) groups excluding carboxylic acids is 2. The Hall–Kier alpha value is -2.29. The van der Waals surface area contributed by atoms with E-state index in [0.717, 1.165) is 6.07 Å². The van der Waals surface area contributed by atoms with E-state index in [2.05, 4.69) is 21.2 Å². The zero-order valence-corrected chi connectivity index (χ0v) is 15.6. The summed E-state index contributed by atoms with van der Waals surface area (Å²) in [5.74, 6) is -0.715. The third-order valence-corrected chi connectivity index (χ3v) is 5.12. The fourth-order valence-corrected chi connectivity index (χ4v) is 3.44. The van der Waals surface area contributed by atoms with E-state index < -0.39 is 11.7 Å². The van der Waals surface area contributed by atoms with Crippen molar-refractivity contribution in [2.24, 2.45) is 5.92 Å². The van der Waals surface area contributed by atoms with E-state index in [0.29, 0.717) is 25.9 Å². The number of piperidine rings is 1. The van der Waals surface area contributed by atoms with Gasteiger partial charge in [0.05, 0.1) is 11.8 Å². The molecule has 1 aromatic heterocycles. The molecule has 1 N–H and O–H groups in total. The minimum absolute atomic E-state index is 0.0854. The predicted molar refractivity (Wildman–Crippen MR) is 95.1 cm³/mol. The Morgan fingerprint density at radius 2 is 1.89 bits per heavy atom. The highest BCUT2D eigenvalue weighted by Gasteiger charge is 2.34. The Bertz CT molecular complexity index is 829. The lowest BCUT2D eigenvalue weighted by Gasteiger charge is -2.30. The molecule has 0 radical (unpaired) electrons. The lowest BCUT2D eigenvalue weighted by molar-refractivity contribution is -0.138. The zero-order chi connectivity index (χ0) is 19.6. The maximum Gasteiger partial charge on any atom is 0.417 e. The molecular weight excluding hydrogens is 429 g/mol. The molecular formula is C18H16BrF3N2O3. The molecule has 0 bridgehead atoms. The standard InChI is InChI=1S/C18H16BrF3N2O3/c19-14-4-3-12(10-13(14)18(20,21)22)23-16(25)11-5-7-24(8-6-11)17(26)15-2-1-9-27-15/h1-4,9-11H,5-8H2,(H,23,25). The average Bonchev–Trinajstić information content (AvgIpc) is 3.16. The predicted octanol–water partition coefficient (Wildman–Crippen LogP) is 4.55. The molecule has 1 fully saturated rings. The fourth-order valence-electron chi connectivity index (χ4n) is 2.97. The van der Waals surface area contributed by atoms with Crippen LogP contribution in [0.4, 0.5) is 18.9 Å². The van der Waals surface area contributed by atoms with E-state index in [-0.39, 0.29) is 33.7 Å². The third kappa shape index (κ3) is 4.52. The van der Waals surface area contributed by atoms with Crippen molar-refractivity contribution in [1.29, 1.82) is 0 Å². The van der Waals surface area contributed by atoms with Gasteiger partial charge in [0.2, 0.25) is 5.91 Å². The van der Waals surface area contributed by atoms with Crippen LogP contribution in [0.15, 0.2) is 45.5 Å². The van der Waals surface area contributed by atoms with Crippen LogP contribution in [0.2, 0.25) is 0 Å². The van der Waals surface area contributed by atoms with Crippen LogP contribution in [0.25, 0.3) is 0 Å². The number of likely N-dealkylation sites (tertiary alicyclic amines) is 1. The van der Waals surface area contributed by atoms with Crippen molar-refractivity contribution < 1.29 is 27.2 Å². The van der Waals surface area contributed by atoms with E-state index in [9.17, 15) is 22.8 Å². The van der Waals surface area contributed by atoms with Crippen LogP contribution in [-0.2, 0) is 11.0 Å². The fraction of sp³-hybridized carbons (Fsp3) is 0.333. The van der Waals surface area contributed by atoms with Gasteiger partial charge in [-0.25, -0.2) is 0 Å². The quantitative estimate of drug-likeness (QED) is 0.754. The van der Waals surface area contributed by atoms with Gasteiger partial charge in [-0.05, 0) is 43.2 Å². The summed E-state index contributed by atoms with van der Waals surface area (Å²) in [4.78, 5) is 26.2. The molecule has 0 unspecified atom stereocenters. The number of rotatable bonds is 3. The van der Waals surface area contributed by atoms with Crippen LogP contribution in [0.1, 0.15) is 29.0 Å². The summed E-state index contributed by atoms with van der Waals surface area (Å²) < 4.78 is 43.9. The van der Waals surface area contributed by atoms with Crippen molar-refractivity contribution in [3.05, 3.63) is 52.4 Å². The first-order valence-corrected chi connectivity index (χ1v) is 9.05. The summed E-state index contributed by atoms with van der Waals surface area (Å²) in [5.41, 5.74) is -0.760. The molecule has 2 heterocycles. The Morgan fingerprint density at radius 1 is 1.19 bits per heavy atom. The second kappa shape index (κ2) is 7.75. The van der Waals surface area contributed by atoms with Gasteiger partial charge in [-0.1, -0.05) is 15.9 Å². The molecule has 2 amide bonds. The van der Waals surface area contributed by atoms with E-state index >= 15 is 0 Å². The van der Waals surface area contributed by atoms with E-state index in [1.165, 1.54) is 18.4 Å². The van der Waals surface area contributed by atoms with Crippen LogP contribution in [-0.4, -0.2) is 29.8 Å². The van der Waals surface area contributed by atoms with Crippen molar-refractivity contribution in [3.63, 3.8) is 0 Å². The Labute approximate surface area is 161 Å². The number of alkyl halides is 3. The summed E-state index contributed by atoms with van der Waals surface area (Å²) in [6.07, 6.45) is -2.24. The van der Waals surface area contributed by atoms with Crippen LogP contribution < -0.4 is 5.32 Å². The molecule has 2 aromatic rings. The van der Waals surface area contributed by atoms with Crippen LogP contribution >= 0.6 is 15.9 Å². The number of nitrogens with zero attached hydrogens (tertiary/aromatic N) is 1. The minimum atomic E-state index is -4.52. The number of nitrogens with one attached hydrogen (secondary N) is 1. The lowest BCUT2D eigenvalue weighted by atomic mass is 9.95. The molecule has 5 nitrogen and oxygen atoms in total. The van der Waals surface area contributed by atoms with Gasteiger partial charge < -0.3 is 14.6 Å². The number of benzene rings is 1. The maximum atomic E-state index is 13.0. The molecule has 0 atom stereocenters. The molecule has 0 aliphatic carbocycles. The molecule has 3 rings (SSSR count). The van der Waals surface area contributed by atoms with Crippen LogP contribution in [0.3, 0.4) is 0 Å². The molecule has 1 aromatic carbocycles. The first-order chi connectivity index (χ1) is 12.8. The van der Waals surface area contributed by atoms with E-state index in [1.807, 2.05) is 0 Å².